The first-order valence-corrected chi connectivity index (χ1v) is 5.28. The number of nitro groups is 1. The van der Waals surface area contributed by atoms with E-state index >= 15 is 0 Å². The Hall–Kier alpha value is -1.89. The molecule has 7 heteroatoms. The van der Waals surface area contributed by atoms with E-state index in [2.05, 4.69) is 20.7 Å². The standard InChI is InChI=1S/C10H6BrNO5/c1-16-10(13)9-8(12(14)15)6-4-5(11)2-3-7(6)17-9/h2-4H,1H3. The first-order chi connectivity index (χ1) is 8.04. The fourth-order valence-corrected chi connectivity index (χ4v) is 1.83. The highest BCUT2D eigenvalue weighted by atomic mass is 79.9. The minimum Gasteiger partial charge on any atom is -0.463 e. The van der Waals surface area contributed by atoms with E-state index in [4.69, 9.17) is 4.42 Å². The van der Waals surface area contributed by atoms with Gasteiger partial charge in [0.05, 0.1) is 12.0 Å². The minimum absolute atomic E-state index is 0.254. The summed E-state index contributed by atoms with van der Waals surface area (Å²) in [5, 5.41) is 11.2. The molecule has 0 saturated heterocycles. The monoisotopic (exact) mass is 299 g/mol. The number of esters is 1. The number of carbonyl (C=O) groups is 1. The largest absolute Gasteiger partial charge is 0.463 e. The Bertz CT molecular complexity index is 618. The lowest BCUT2D eigenvalue weighted by Crippen LogP contribution is -2.02. The molecule has 2 aromatic rings. The van der Waals surface area contributed by atoms with Crippen LogP contribution >= 0.6 is 15.9 Å². The van der Waals surface area contributed by atoms with E-state index in [1.54, 1.807) is 12.1 Å². The number of hydrogen-bond acceptors (Lipinski definition) is 5. The van der Waals surface area contributed by atoms with Crippen LogP contribution in [0.15, 0.2) is 27.1 Å². The van der Waals surface area contributed by atoms with E-state index in [0.717, 1.165) is 7.11 Å². The Morgan fingerprint density at radius 3 is 2.82 bits per heavy atom. The maximum absolute atomic E-state index is 11.4. The zero-order valence-electron chi connectivity index (χ0n) is 8.60. The first kappa shape index (κ1) is 11.6. The fraction of sp³-hybridized carbons (Fsp3) is 0.100. The lowest BCUT2D eigenvalue weighted by atomic mass is 10.2. The zero-order valence-corrected chi connectivity index (χ0v) is 10.2. The van der Waals surface area contributed by atoms with Crippen LogP contribution in [-0.2, 0) is 4.74 Å². The molecule has 0 aliphatic heterocycles. The number of hydrogen-bond donors (Lipinski definition) is 0. The van der Waals surface area contributed by atoms with E-state index < -0.39 is 16.7 Å². The number of nitrogens with zero attached hydrogens (tertiary/aromatic N) is 1. The van der Waals surface area contributed by atoms with Crippen LogP contribution in [0.3, 0.4) is 0 Å². The topological polar surface area (TPSA) is 82.6 Å². The normalized spacial score (nSPS) is 10.5. The van der Waals surface area contributed by atoms with Crippen LogP contribution in [0.2, 0.25) is 0 Å². The number of ether oxygens (including phenoxy) is 1. The van der Waals surface area contributed by atoms with Crippen molar-refractivity contribution in [3.05, 3.63) is 38.5 Å². The van der Waals surface area contributed by atoms with Gasteiger partial charge in [-0.2, -0.15) is 0 Å². The number of methoxy groups -OCH3 is 1. The maximum Gasteiger partial charge on any atom is 0.381 e. The zero-order chi connectivity index (χ0) is 12.6. The quantitative estimate of drug-likeness (QED) is 0.484. The first-order valence-electron chi connectivity index (χ1n) is 4.49. The highest BCUT2D eigenvalue weighted by Crippen LogP contribution is 2.34. The number of carbonyl (C=O) groups excluding carboxylic acids is 1. The Labute approximate surface area is 103 Å². The predicted octanol–water partition coefficient (Wildman–Crippen LogP) is 2.89. The van der Waals surface area contributed by atoms with Gasteiger partial charge in [-0.15, -0.1) is 0 Å². The fourth-order valence-electron chi connectivity index (χ4n) is 1.47. The summed E-state index contributed by atoms with van der Waals surface area (Å²) in [6.07, 6.45) is 0. The van der Waals surface area contributed by atoms with Crippen molar-refractivity contribution >= 4 is 38.6 Å². The Morgan fingerprint density at radius 2 is 2.24 bits per heavy atom. The molecule has 0 atom stereocenters. The molecule has 0 unspecified atom stereocenters. The third-order valence-electron chi connectivity index (χ3n) is 2.18. The van der Waals surface area contributed by atoms with Gasteiger partial charge in [0, 0.05) is 4.47 Å². The number of furan rings is 1. The lowest BCUT2D eigenvalue weighted by molar-refractivity contribution is -0.383. The Morgan fingerprint density at radius 1 is 1.53 bits per heavy atom. The van der Waals surface area contributed by atoms with E-state index in [9.17, 15) is 14.9 Å². The molecule has 0 amide bonds. The molecular weight excluding hydrogens is 294 g/mol. The van der Waals surface area contributed by atoms with Crippen molar-refractivity contribution in [3.63, 3.8) is 0 Å². The molecule has 0 bridgehead atoms. The van der Waals surface area contributed by atoms with Crippen LogP contribution in [-0.4, -0.2) is 18.0 Å². The van der Waals surface area contributed by atoms with Crippen LogP contribution in [0.25, 0.3) is 11.0 Å². The summed E-state index contributed by atoms with van der Waals surface area (Å²) in [4.78, 5) is 21.6. The molecule has 0 fully saturated rings. The molecule has 17 heavy (non-hydrogen) atoms. The van der Waals surface area contributed by atoms with Gasteiger partial charge in [-0.1, -0.05) is 15.9 Å². The van der Waals surface area contributed by atoms with Crippen molar-refractivity contribution in [1.82, 2.24) is 0 Å². The molecule has 0 N–H and O–H groups in total. The van der Waals surface area contributed by atoms with Crippen molar-refractivity contribution in [3.8, 4) is 0 Å². The molecule has 0 radical (unpaired) electrons. The van der Waals surface area contributed by atoms with Gasteiger partial charge < -0.3 is 9.15 Å². The third-order valence-corrected chi connectivity index (χ3v) is 2.67. The van der Waals surface area contributed by atoms with E-state index in [1.165, 1.54) is 6.07 Å². The van der Waals surface area contributed by atoms with Crippen LogP contribution in [0.1, 0.15) is 10.6 Å². The molecule has 1 aromatic carbocycles. The number of halogens is 1. The second-order valence-electron chi connectivity index (χ2n) is 3.17. The second-order valence-corrected chi connectivity index (χ2v) is 4.08. The Balaban J connectivity index is 2.80. The molecule has 6 nitrogen and oxygen atoms in total. The summed E-state index contributed by atoms with van der Waals surface area (Å²) in [5.41, 5.74) is -0.117. The summed E-state index contributed by atoms with van der Waals surface area (Å²) >= 11 is 3.20. The smallest absolute Gasteiger partial charge is 0.381 e. The number of fused-ring (bicyclic) bond motifs is 1. The number of rotatable bonds is 2. The highest BCUT2D eigenvalue weighted by Gasteiger charge is 2.30. The molecule has 88 valence electrons. The van der Waals surface area contributed by atoms with Gasteiger partial charge in [0.1, 0.15) is 11.0 Å². The van der Waals surface area contributed by atoms with E-state index in [1.807, 2.05) is 0 Å². The van der Waals surface area contributed by atoms with Gasteiger partial charge in [-0.05, 0) is 18.2 Å². The molecule has 0 aliphatic carbocycles. The predicted molar refractivity (Wildman–Crippen MR) is 61.9 cm³/mol. The van der Waals surface area contributed by atoms with Crippen molar-refractivity contribution < 1.29 is 18.9 Å². The average Bonchev–Trinajstić information content (AvgIpc) is 2.66. The van der Waals surface area contributed by atoms with Gasteiger partial charge >= 0.3 is 11.7 Å². The SMILES string of the molecule is COC(=O)c1oc2ccc(Br)cc2c1[N+](=O)[O-]. The molecule has 0 spiro atoms. The van der Waals surface area contributed by atoms with E-state index in [0.29, 0.717) is 4.47 Å². The van der Waals surface area contributed by atoms with Gasteiger partial charge in [0.15, 0.2) is 0 Å². The summed E-state index contributed by atoms with van der Waals surface area (Å²) in [6, 6.07) is 4.72. The van der Waals surface area contributed by atoms with Crippen molar-refractivity contribution in [2.24, 2.45) is 0 Å². The van der Waals surface area contributed by atoms with Crippen LogP contribution < -0.4 is 0 Å². The molecular formula is C10H6BrNO5. The molecule has 1 heterocycles. The van der Waals surface area contributed by atoms with Gasteiger partial charge in [-0.3, -0.25) is 10.1 Å². The lowest BCUT2D eigenvalue weighted by Gasteiger charge is -1.93. The second kappa shape index (κ2) is 4.17. The molecule has 0 aliphatic rings. The number of benzene rings is 1. The van der Waals surface area contributed by atoms with Gasteiger partial charge in [-0.25, -0.2) is 4.79 Å². The van der Waals surface area contributed by atoms with Crippen molar-refractivity contribution in [1.29, 1.82) is 0 Å². The van der Waals surface area contributed by atoms with Crippen LogP contribution in [0.5, 0.6) is 0 Å². The summed E-state index contributed by atoms with van der Waals surface area (Å²) < 4.78 is 10.2. The summed E-state index contributed by atoms with van der Waals surface area (Å²) in [7, 11) is 1.13. The Kier molecular flexibility index (Phi) is 2.84. The van der Waals surface area contributed by atoms with Crippen LogP contribution in [0.4, 0.5) is 5.69 Å². The van der Waals surface area contributed by atoms with E-state index in [-0.39, 0.29) is 16.7 Å². The van der Waals surface area contributed by atoms with Gasteiger partial charge in [0.2, 0.25) is 0 Å². The third kappa shape index (κ3) is 1.89. The highest BCUT2D eigenvalue weighted by molar-refractivity contribution is 9.10. The molecule has 2 rings (SSSR count). The molecule has 0 saturated carbocycles. The maximum atomic E-state index is 11.4. The summed E-state index contributed by atoms with van der Waals surface area (Å²) in [6.45, 7) is 0. The average molecular weight is 300 g/mol. The molecule has 1 aromatic heterocycles. The summed E-state index contributed by atoms with van der Waals surface area (Å²) in [5.74, 6) is -1.27. The van der Waals surface area contributed by atoms with Gasteiger partial charge in [0.25, 0.3) is 5.76 Å². The van der Waals surface area contributed by atoms with Crippen molar-refractivity contribution in [2.75, 3.05) is 7.11 Å². The van der Waals surface area contributed by atoms with Crippen molar-refractivity contribution in [2.45, 2.75) is 0 Å². The van der Waals surface area contributed by atoms with Crippen LogP contribution in [0, 0.1) is 10.1 Å². The minimum atomic E-state index is -0.871.